The normalized spacial score (nSPS) is 14.1. The van der Waals surface area contributed by atoms with E-state index in [0.717, 1.165) is 77.6 Å². The zero-order chi connectivity index (χ0) is 28.3. The summed E-state index contributed by atoms with van der Waals surface area (Å²) in [5.74, 6) is 0.639. The minimum absolute atomic E-state index is 0.252. The van der Waals surface area contributed by atoms with Crippen molar-refractivity contribution < 1.29 is 14.3 Å². The maximum absolute atomic E-state index is 13.6. The van der Waals surface area contributed by atoms with Crippen molar-refractivity contribution in [3.8, 4) is 16.9 Å². The number of aromatic nitrogens is 3. The van der Waals surface area contributed by atoms with Crippen LogP contribution in [-0.2, 0) is 31.3 Å². The Morgan fingerprint density at radius 2 is 1.71 bits per heavy atom. The first-order chi connectivity index (χ1) is 20.1. The molecule has 1 aliphatic heterocycles. The fourth-order valence-corrected chi connectivity index (χ4v) is 6.22. The Hall–Kier alpha value is -4.10. The van der Waals surface area contributed by atoms with Gasteiger partial charge in [0.15, 0.2) is 0 Å². The Kier molecular flexibility index (Phi) is 7.79. The van der Waals surface area contributed by atoms with E-state index in [4.69, 9.17) is 9.47 Å². The fourth-order valence-electron chi connectivity index (χ4n) is 6.22. The van der Waals surface area contributed by atoms with Crippen molar-refractivity contribution in [1.82, 2.24) is 19.2 Å². The molecular formula is C34H38N4O3. The zero-order valence-electron chi connectivity index (χ0n) is 24.2. The SMILES string of the molecule is CCOC(=O)c1c(CCCOc2cccc3ccccc23)c2cccc3c2n1CCCCN(C)Cc1c-3cnn1C. The average Bonchev–Trinajstić information content (AvgIpc) is 3.49. The highest BCUT2D eigenvalue weighted by molar-refractivity contribution is 6.04. The number of benzene rings is 3. The summed E-state index contributed by atoms with van der Waals surface area (Å²) in [7, 11) is 4.18. The van der Waals surface area contributed by atoms with Crippen molar-refractivity contribution in [1.29, 1.82) is 0 Å². The molecule has 7 heteroatoms. The monoisotopic (exact) mass is 550 g/mol. The van der Waals surface area contributed by atoms with Crippen molar-refractivity contribution in [2.45, 2.75) is 45.7 Å². The fraction of sp³-hybridized carbons (Fsp3) is 0.353. The van der Waals surface area contributed by atoms with Gasteiger partial charge in [-0.2, -0.15) is 5.10 Å². The van der Waals surface area contributed by atoms with Gasteiger partial charge in [0.05, 0.1) is 30.6 Å². The van der Waals surface area contributed by atoms with Crippen LogP contribution in [0.25, 0.3) is 32.8 Å². The zero-order valence-corrected chi connectivity index (χ0v) is 24.2. The molecule has 6 rings (SSSR count). The van der Waals surface area contributed by atoms with E-state index in [1.165, 1.54) is 11.1 Å². The molecule has 0 radical (unpaired) electrons. The van der Waals surface area contributed by atoms with Gasteiger partial charge in [-0.25, -0.2) is 4.79 Å². The van der Waals surface area contributed by atoms with Crippen molar-refractivity contribution in [3.63, 3.8) is 0 Å². The van der Waals surface area contributed by atoms with Gasteiger partial charge >= 0.3 is 5.97 Å². The first-order valence-corrected chi connectivity index (χ1v) is 14.7. The summed E-state index contributed by atoms with van der Waals surface area (Å²) in [4.78, 5) is 15.9. The minimum Gasteiger partial charge on any atom is -0.493 e. The van der Waals surface area contributed by atoms with Gasteiger partial charge in [0, 0.05) is 42.0 Å². The number of para-hydroxylation sites is 1. The van der Waals surface area contributed by atoms with E-state index < -0.39 is 0 Å². The van der Waals surface area contributed by atoms with Crippen molar-refractivity contribution in [2.75, 3.05) is 26.8 Å². The van der Waals surface area contributed by atoms with Crippen LogP contribution >= 0.6 is 0 Å². The molecular weight excluding hydrogens is 512 g/mol. The number of fused-ring (bicyclic) bond motifs is 3. The highest BCUT2D eigenvalue weighted by Crippen LogP contribution is 2.38. The molecule has 3 aromatic carbocycles. The molecule has 1 aliphatic rings. The molecule has 3 heterocycles. The maximum Gasteiger partial charge on any atom is 0.355 e. The van der Waals surface area contributed by atoms with Crippen LogP contribution in [0.4, 0.5) is 0 Å². The summed E-state index contributed by atoms with van der Waals surface area (Å²) in [6.45, 7) is 5.34. The van der Waals surface area contributed by atoms with Crippen molar-refractivity contribution in [2.24, 2.45) is 7.05 Å². The molecule has 0 N–H and O–H groups in total. The summed E-state index contributed by atoms with van der Waals surface area (Å²) >= 11 is 0. The molecule has 0 saturated carbocycles. The molecule has 41 heavy (non-hydrogen) atoms. The predicted octanol–water partition coefficient (Wildman–Crippen LogP) is 6.61. The molecule has 0 bridgehead atoms. The quantitative estimate of drug-likeness (QED) is 0.169. The third-order valence-corrected chi connectivity index (χ3v) is 8.18. The molecule has 0 amide bonds. The highest BCUT2D eigenvalue weighted by Gasteiger charge is 2.27. The van der Waals surface area contributed by atoms with Crippen LogP contribution in [0.1, 0.15) is 47.9 Å². The van der Waals surface area contributed by atoms with Gasteiger partial charge in [0.2, 0.25) is 0 Å². The smallest absolute Gasteiger partial charge is 0.355 e. The topological polar surface area (TPSA) is 61.5 Å². The number of hydrogen-bond acceptors (Lipinski definition) is 5. The molecule has 0 spiro atoms. The number of esters is 1. The summed E-state index contributed by atoms with van der Waals surface area (Å²) in [6, 6.07) is 20.9. The van der Waals surface area contributed by atoms with Crippen LogP contribution < -0.4 is 4.74 Å². The molecule has 7 nitrogen and oxygen atoms in total. The number of carbonyl (C=O) groups excluding carboxylic acids is 1. The number of carbonyl (C=O) groups is 1. The second-order valence-corrected chi connectivity index (χ2v) is 10.9. The number of nitrogens with zero attached hydrogens (tertiary/aromatic N) is 4. The van der Waals surface area contributed by atoms with Gasteiger partial charge in [-0.05, 0) is 63.2 Å². The second-order valence-electron chi connectivity index (χ2n) is 10.9. The Labute approximate surface area is 241 Å². The van der Waals surface area contributed by atoms with E-state index in [1.54, 1.807) is 0 Å². The molecule has 0 aliphatic carbocycles. The first-order valence-electron chi connectivity index (χ1n) is 14.7. The number of hydrogen-bond donors (Lipinski definition) is 0. The number of rotatable bonds is 7. The van der Waals surface area contributed by atoms with E-state index >= 15 is 0 Å². The van der Waals surface area contributed by atoms with Gasteiger partial charge in [-0.15, -0.1) is 0 Å². The van der Waals surface area contributed by atoms with E-state index in [9.17, 15) is 4.79 Å². The largest absolute Gasteiger partial charge is 0.493 e. The van der Waals surface area contributed by atoms with Gasteiger partial charge in [0.1, 0.15) is 11.4 Å². The average molecular weight is 551 g/mol. The van der Waals surface area contributed by atoms with E-state index in [0.29, 0.717) is 25.3 Å². The van der Waals surface area contributed by atoms with Crippen LogP contribution in [-0.4, -0.2) is 52.0 Å². The third-order valence-electron chi connectivity index (χ3n) is 8.18. The predicted molar refractivity (Wildman–Crippen MR) is 163 cm³/mol. The summed E-state index contributed by atoms with van der Waals surface area (Å²) < 4.78 is 16.1. The Balaban J connectivity index is 1.40. The van der Waals surface area contributed by atoms with Crippen LogP contribution in [0.5, 0.6) is 5.75 Å². The summed E-state index contributed by atoms with van der Waals surface area (Å²) in [5.41, 5.74) is 6.23. The van der Waals surface area contributed by atoms with Crippen molar-refractivity contribution >= 4 is 27.6 Å². The standard InChI is InChI=1S/C34H38N4O3/c1-4-40-34(39)33-27(17-11-21-41-31-18-9-13-24-12-5-6-14-25(24)31)26-15-10-16-28-29-22-35-37(3)30(29)23-36(2)19-7-8-20-38(33)32(26)28/h5-6,9-10,12-16,18,22H,4,7-8,11,17,19-21,23H2,1-3H3. The first kappa shape index (κ1) is 27.1. The Morgan fingerprint density at radius 1 is 0.927 bits per heavy atom. The summed E-state index contributed by atoms with van der Waals surface area (Å²) in [5, 5.41) is 8.03. The lowest BCUT2D eigenvalue weighted by Gasteiger charge is -2.17. The minimum atomic E-state index is -0.252. The molecule has 0 atom stereocenters. The van der Waals surface area contributed by atoms with Gasteiger partial charge in [0.25, 0.3) is 0 Å². The van der Waals surface area contributed by atoms with Gasteiger partial charge in [-0.1, -0.05) is 54.6 Å². The maximum atomic E-state index is 13.6. The highest BCUT2D eigenvalue weighted by atomic mass is 16.5. The number of aryl methyl sites for hydroxylation is 3. The summed E-state index contributed by atoms with van der Waals surface area (Å²) in [6.07, 6.45) is 5.49. The van der Waals surface area contributed by atoms with Crippen LogP contribution in [0.2, 0.25) is 0 Å². The van der Waals surface area contributed by atoms with Crippen LogP contribution in [0.3, 0.4) is 0 Å². The Bertz CT molecular complexity index is 1690. The lowest BCUT2D eigenvalue weighted by atomic mass is 9.99. The lowest BCUT2D eigenvalue weighted by Crippen LogP contribution is -2.21. The second kappa shape index (κ2) is 11.8. The van der Waals surface area contributed by atoms with Crippen LogP contribution in [0, 0.1) is 0 Å². The van der Waals surface area contributed by atoms with E-state index in [2.05, 4.69) is 58.0 Å². The van der Waals surface area contributed by atoms with Crippen LogP contribution in [0.15, 0.2) is 66.9 Å². The molecule has 0 unspecified atom stereocenters. The molecule has 212 valence electrons. The Morgan fingerprint density at radius 3 is 2.59 bits per heavy atom. The third kappa shape index (κ3) is 5.22. The van der Waals surface area contributed by atoms with Crippen molar-refractivity contribution in [3.05, 3.63) is 83.8 Å². The lowest BCUT2D eigenvalue weighted by molar-refractivity contribution is 0.0512. The molecule has 0 saturated heterocycles. The van der Waals surface area contributed by atoms with E-state index in [1.807, 2.05) is 49.1 Å². The molecule has 2 aromatic heterocycles. The van der Waals surface area contributed by atoms with Gasteiger partial charge in [-0.3, -0.25) is 4.68 Å². The number of ether oxygens (including phenoxy) is 2. The van der Waals surface area contributed by atoms with Gasteiger partial charge < -0.3 is 18.9 Å². The van der Waals surface area contributed by atoms with E-state index in [-0.39, 0.29) is 5.97 Å². The molecule has 5 aromatic rings. The molecule has 0 fully saturated rings.